The van der Waals surface area contributed by atoms with Gasteiger partial charge in [-0.3, -0.25) is 4.79 Å². The number of anilines is 1. The number of aromatic nitrogens is 1. The van der Waals surface area contributed by atoms with Crippen LogP contribution in [0.1, 0.15) is 121 Å². The normalized spacial score (nSPS) is 27.8. The number of ether oxygens (including phenoxy) is 4. The van der Waals surface area contributed by atoms with Crippen LogP contribution in [0.5, 0.6) is 28.7 Å². The van der Waals surface area contributed by atoms with Gasteiger partial charge < -0.3 is 45.3 Å². The minimum absolute atomic E-state index is 0.0357. The second-order valence-corrected chi connectivity index (χ2v) is 22.0. The number of aromatic hydroxyl groups is 2. The number of hydrogen-bond donors (Lipinski definition) is 5. The molecule has 8 atom stereocenters. The number of fused-ring (bicyclic) bond motifs is 12. The topological polar surface area (TPSA) is 166 Å². The van der Waals surface area contributed by atoms with Crippen molar-refractivity contribution in [1.82, 2.24) is 10.3 Å². The third-order valence-electron chi connectivity index (χ3n) is 15.4. The predicted molar refractivity (Wildman–Crippen MR) is 258 cm³/mol. The van der Waals surface area contributed by atoms with Gasteiger partial charge in [-0.1, -0.05) is 65.1 Å². The number of nitrogens with zero attached hydrogens (tertiary/aromatic N) is 1. The summed E-state index contributed by atoms with van der Waals surface area (Å²) in [7, 11) is 3.77. The van der Waals surface area contributed by atoms with Gasteiger partial charge in [0.05, 0.1) is 12.0 Å². The molecule has 4 aromatic rings. The first-order chi connectivity index (χ1) is 32.1. The van der Waals surface area contributed by atoms with E-state index in [1.165, 1.54) is 19.8 Å². The summed E-state index contributed by atoms with van der Waals surface area (Å²) in [5.41, 5.74) is 16.0. The van der Waals surface area contributed by atoms with Gasteiger partial charge in [0, 0.05) is 70.2 Å². The van der Waals surface area contributed by atoms with Gasteiger partial charge in [0.1, 0.15) is 47.6 Å². The van der Waals surface area contributed by atoms with Crippen molar-refractivity contribution in [2.24, 2.45) is 11.8 Å². The molecule has 3 fully saturated rings. The van der Waals surface area contributed by atoms with Crippen molar-refractivity contribution < 1.29 is 39.1 Å². The number of phenols is 2. The monoisotopic (exact) mass is 927 g/mol. The highest BCUT2D eigenvalue weighted by atomic mass is 33.1. The summed E-state index contributed by atoms with van der Waals surface area (Å²) < 4.78 is 26.4. The molecule has 3 aliphatic carbocycles. The number of nitrogen functional groups attached to an aromatic ring is 1. The van der Waals surface area contributed by atoms with E-state index in [1.54, 1.807) is 12.1 Å². The van der Waals surface area contributed by atoms with Crippen molar-refractivity contribution in [3.8, 4) is 51.7 Å². The van der Waals surface area contributed by atoms with E-state index in [2.05, 4.69) is 54.4 Å². The van der Waals surface area contributed by atoms with Gasteiger partial charge in [-0.2, -0.15) is 0 Å². The number of benzene rings is 3. The SMILES string of the molecule is CCc1cc2c(nc1N)C#CCc1cc(O)c3c(c1[C@H]1Oc4c(ccc5c4[C@@]4(CC[C@H](C2)C4)Cc2cc(O)cc(OCO)c2-5)[C@@H]1COC(C)=O)C=C[C@@H]1N[C@H]2CCC[C@@H](CSSC[C@H]1O3)C2. The number of hydrogen-bond acceptors (Lipinski definition) is 13. The van der Waals surface area contributed by atoms with E-state index in [0.29, 0.717) is 41.4 Å². The summed E-state index contributed by atoms with van der Waals surface area (Å²) in [6.45, 7) is 3.04. The molecule has 1 spiro atoms. The molecule has 3 aromatic carbocycles. The molecule has 0 amide bonds. The van der Waals surface area contributed by atoms with E-state index < -0.39 is 24.2 Å². The van der Waals surface area contributed by atoms with Crippen LogP contribution in [0.4, 0.5) is 5.82 Å². The lowest BCUT2D eigenvalue weighted by molar-refractivity contribution is -0.141. The Kier molecular flexibility index (Phi) is 11.6. The minimum atomic E-state index is -0.666. The number of esters is 1. The highest BCUT2D eigenvalue weighted by molar-refractivity contribution is 8.76. The van der Waals surface area contributed by atoms with Crippen LogP contribution >= 0.6 is 21.6 Å². The molecule has 6 N–H and O–H groups in total. The maximum atomic E-state index is 12.7. The summed E-state index contributed by atoms with van der Waals surface area (Å²) >= 11 is 0. The van der Waals surface area contributed by atoms with Crippen molar-refractivity contribution in [2.75, 3.05) is 30.6 Å². The van der Waals surface area contributed by atoms with E-state index in [0.717, 1.165) is 118 Å². The molecule has 7 aliphatic rings. The first-order valence-corrected chi connectivity index (χ1v) is 26.2. The van der Waals surface area contributed by atoms with E-state index in [9.17, 15) is 20.1 Å². The molecule has 2 saturated carbocycles. The predicted octanol–water partition coefficient (Wildman–Crippen LogP) is 8.84. The highest BCUT2D eigenvalue weighted by Gasteiger charge is 2.51. The van der Waals surface area contributed by atoms with Gasteiger partial charge in [-0.25, -0.2) is 4.98 Å². The van der Waals surface area contributed by atoms with E-state index in [4.69, 9.17) is 29.7 Å². The number of aliphatic hydroxyl groups excluding tert-OH is 1. The fourth-order valence-electron chi connectivity index (χ4n) is 12.5. The Balaban J connectivity index is 1.14. The summed E-state index contributed by atoms with van der Waals surface area (Å²) in [5.74, 6) is 11.1. The second kappa shape index (κ2) is 17.6. The fourth-order valence-corrected chi connectivity index (χ4v) is 15.1. The zero-order valence-corrected chi connectivity index (χ0v) is 39.1. The number of nitrogens with one attached hydrogen (secondary N) is 1. The van der Waals surface area contributed by atoms with Gasteiger partial charge in [0.2, 0.25) is 0 Å². The molecule has 1 aromatic heterocycles. The van der Waals surface area contributed by atoms with Crippen LogP contribution in [-0.2, 0) is 40.6 Å². The maximum absolute atomic E-state index is 12.7. The molecular weight excluding hydrogens is 871 g/mol. The Morgan fingerprint density at radius 2 is 1.92 bits per heavy atom. The molecule has 344 valence electrons. The van der Waals surface area contributed by atoms with Crippen LogP contribution in [0.15, 0.2) is 42.5 Å². The van der Waals surface area contributed by atoms with Crippen LogP contribution in [-0.4, -0.2) is 69.4 Å². The Bertz CT molecular complexity index is 2710. The molecule has 13 heteroatoms. The molecule has 11 rings (SSSR count). The van der Waals surface area contributed by atoms with E-state index >= 15 is 0 Å². The number of carbonyl (C=O) groups excluding carboxylic acids is 1. The van der Waals surface area contributed by atoms with Crippen LogP contribution < -0.4 is 25.3 Å². The lowest BCUT2D eigenvalue weighted by atomic mass is 9.65. The van der Waals surface area contributed by atoms with Gasteiger partial charge in [0.25, 0.3) is 0 Å². The van der Waals surface area contributed by atoms with Gasteiger partial charge in [-0.05, 0) is 122 Å². The van der Waals surface area contributed by atoms with Crippen LogP contribution in [0, 0.1) is 23.7 Å². The zero-order valence-electron chi connectivity index (χ0n) is 37.5. The number of aryl methyl sites for hydroxylation is 1. The number of phenolic OH excluding ortho intramolecular Hbond substituents is 2. The summed E-state index contributed by atoms with van der Waals surface area (Å²) in [6, 6.07) is 11.9. The molecule has 66 heavy (non-hydrogen) atoms. The first-order valence-electron chi connectivity index (χ1n) is 23.7. The third kappa shape index (κ3) is 7.75. The second-order valence-electron chi connectivity index (χ2n) is 19.5. The minimum Gasteiger partial charge on any atom is -0.508 e. The number of carbonyl (C=O) groups is 1. The molecule has 0 unspecified atom stereocenters. The summed E-state index contributed by atoms with van der Waals surface area (Å²) in [4.78, 5) is 17.7. The number of aliphatic hydroxyl groups is 1. The zero-order chi connectivity index (χ0) is 45.3. The van der Waals surface area contributed by atoms with Crippen molar-refractivity contribution in [2.45, 2.75) is 120 Å². The Labute approximate surface area is 394 Å². The molecule has 6 bridgehead atoms. The van der Waals surface area contributed by atoms with Crippen LogP contribution in [0.2, 0.25) is 0 Å². The maximum Gasteiger partial charge on any atom is 0.302 e. The molecular formula is C53H57N3O8S2. The Morgan fingerprint density at radius 1 is 1.05 bits per heavy atom. The van der Waals surface area contributed by atoms with Crippen LogP contribution in [0.3, 0.4) is 0 Å². The van der Waals surface area contributed by atoms with Gasteiger partial charge in [-0.15, -0.1) is 0 Å². The average Bonchev–Trinajstić information content (AvgIpc) is 3.80. The lowest BCUT2D eigenvalue weighted by Gasteiger charge is -2.39. The Morgan fingerprint density at radius 3 is 2.77 bits per heavy atom. The summed E-state index contributed by atoms with van der Waals surface area (Å²) in [5, 5.41) is 37.2. The van der Waals surface area contributed by atoms with Gasteiger partial charge >= 0.3 is 5.97 Å². The lowest BCUT2D eigenvalue weighted by Crippen LogP contribution is -2.49. The highest BCUT2D eigenvalue weighted by Crippen LogP contribution is 2.63. The Hall–Kier alpha value is -5.00. The van der Waals surface area contributed by atoms with E-state index in [-0.39, 0.29) is 48.6 Å². The van der Waals surface area contributed by atoms with Crippen molar-refractivity contribution in [1.29, 1.82) is 0 Å². The number of pyridine rings is 1. The van der Waals surface area contributed by atoms with Crippen molar-refractivity contribution in [3.05, 3.63) is 92.7 Å². The third-order valence-corrected chi connectivity index (χ3v) is 17.9. The molecule has 11 nitrogen and oxygen atoms in total. The first kappa shape index (κ1) is 43.6. The quantitative estimate of drug-likeness (QED) is 0.0559. The van der Waals surface area contributed by atoms with Crippen molar-refractivity contribution >= 4 is 39.5 Å². The molecule has 0 radical (unpaired) electrons. The smallest absolute Gasteiger partial charge is 0.302 e. The number of rotatable bonds is 5. The summed E-state index contributed by atoms with van der Waals surface area (Å²) in [6.07, 6.45) is 13.2. The van der Waals surface area contributed by atoms with Crippen molar-refractivity contribution in [3.63, 3.8) is 0 Å². The molecule has 5 heterocycles. The standard InChI is InChI=1S/C53H57N3O8S2/c1-3-31-18-33-16-29-14-15-53(22-29)23-34-19-36(59)21-44(62-27-57)46(34)38-11-10-37-40(24-61-28(2)58)50(64-51(37)48(38)53)47-32(7-5-9-41(33)56-52(31)54)20-43(60)49-39(47)12-13-42-45(63-49)26-66-65-25-30-6-4-8-35(17-30)55-42/h10-13,18-21,29-30,35,40,42,45,50,55,57,59-60H,3-4,6-8,14-17,22-27H2,1-2H3,(H2,54,56)/t29-,30-,35+,40+,42+,45-,50+,53-/m1/s1. The van der Waals surface area contributed by atoms with Crippen LogP contribution in [0.25, 0.3) is 17.2 Å². The number of nitrogens with two attached hydrogens (primary N) is 1. The average molecular weight is 928 g/mol. The molecule has 4 aliphatic heterocycles. The van der Waals surface area contributed by atoms with Gasteiger partial charge in [0.15, 0.2) is 18.3 Å². The largest absolute Gasteiger partial charge is 0.508 e. The fraction of sp³-hybridized carbons (Fsp3) is 0.472. The van der Waals surface area contributed by atoms with E-state index in [1.807, 2.05) is 27.7 Å². The molecule has 1 saturated heterocycles.